The molecule has 0 saturated carbocycles. The van der Waals surface area contributed by atoms with Crippen LogP contribution in [0.1, 0.15) is 34.5 Å². The molecule has 1 atom stereocenters. The molecule has 3 rings (SSSR count). The van der Waals surface area contributed by atoms with Crippen molar-refractivity contribution in [2.75, 3.05) is 0 Å². The largest absolute Gasteiger partial charge is 0.320 e. The highest BCUT2D eigenvalue weighted by Crippen LogP contribution is 2.35. The third-order valence-electron chi connectivity index (χ3n) is 3.71. The van der Waals surface area contributed by atoms with Crippen LogP contribution < -0.4 is 0 Å². The van der Waals surface area contributed by atoms with Crippen LogP contribution in [-0.2, 0) is 11.3 Å². The van der Waals surface area contributed by atoms with Gasteiger partial charge in [-0.05, 0) is 36.2 Å². The number of fused-ring (bicyclic) bond motifs is 1. The third kappa shape index (κ3) is 2.33. The highest BCUT2D eigenvalue weighted by molar-refractivity contribution is 6.04. The molecule has 106 valence electrons. The van der Waals surface area contributed by atoms with Crippen LogP contribution in [0.4, 0.5) is 4.39 Å². The summed E-state index contributed by atoms with van der Waals surface area (Å²) >= 11 is 0. The lowest BCUT2D eigenvalue weighted by Crippen LogP contribution is -2.31. The average molecular weight is 283 g/mol. The second-order valence-electron chi connectivity index (χ2n) is 5.16. The first-order valence-corrected chi connectivity index (χ1v) is 6.72. The highest BCUT2D eigenvalue weighted by atomic mass is 19.1. The zero-order valence-electron chi connectivity index (χ0n) is 11.5. The van der Waals surface area contributed by atoms with E-state index in [4.69, 9.17) is 0 Å². The van der Waals surface area contributed by atoms with Crippen LogP contribution in [0.2, 0.25) is 0 Å². The molecule has 0 spiro atoms. The van der Waals surface area contributed by atoms with E-state index in [1.165, 1.54) is 19.1 Å². The molecule has 0 saturated heterocycles. The molecule has 2 aromatic rings. The van der Waals surface area contributed by atoms with Crippen molar-refractivity contribution in [2.24, 2.45) is 0 Å². The van der Waals surface area contributed by atoms with Gasteiger partial charge in [-0.3, -0.25) is 9.59 Å². The van der Waals surface area contributed by atoms with Gasteiger partial charge >= 0.3 is 0 Å². The molecule has 0 aliphatic carbocycles. The second-order valence-corrected chi connectivity index (χ2v) is 5.16. The molecule has 1 unspecified atom stereocenters. The normalized spacial score (nSPS) is 17.0. The number of carbonyl (C=O) groups excluding carboxylic acids is 2. The van der Waals surface area contributed by atoms with E-state index in [9.17, 15) is 14.0 Å². The van der Waals surface area contributed by atoms with Crippen LogP contribution in [0.25, 0.3) is 0 Å². The summed E-state index contributed by atoms with van der Waals surface area (Å²) in [7, 11) is 0. The summed E-state index contributed by atoms with van der Waals surface area (Å²) in [5.74, 6) is -0.552. The van der Waals surface area contributed by atoms with Crippen molar-refractivity contribution in [3.63, 3.8) is 0 Å². The number of Topliss-reactive ketones (excluding diaryl/α,β-unsaturated/α-hetero) is 1. The minimum atomic E-state index is -0.557. The standard InChI is InChI=1S/C17H14FNO2/c1-11(20)16-14-4-2-3-5-15(14)17(21)19(16)10-12-6-8-13(18)9-7-12/h2-9,16H,10H2,1H3. The van der Waals surface area contributed by atoms with Crippen LogP contribution in [-0.4, -0.2) is 16.6 Å². The Morgan fingerprint density at radius 1 is 1.14 bits per heavy atom. The van der Waals surface area contributed by atoms with Crippen LogP contribution in [0.3, 0.4) is 0 Å². The molecule has 0 aromatic heterocycles. The molecule has 1 aliphatic heterocycles. The van der Waals surface area contributed by atoms with Crippen LogP contribution in [0.5, 0.6) is 0 Å². The van der Waals surface area contributed by atoms with Crippen molar-refractivity contribution in [1.29, 1.82) is 0 Å². The molecule has 0 fully saturated rings. The fourth-order valence-electron chi connectivity index (χ4n) is 2.76. The number of carbonyl (C=O) groups is 2. The minimum Gasteiger partial charge on any atom is -0.320 e. The van der Waals surface area contributed by atoms with Gasteiger partial charge in [0, 0.05) is 12.1 Å². The number of benzene rings is 2. The summed E-state index contributed by atoms with van der Waals surface area (Å²) in [5, 5.41) is 0. The van der Waals surface area contributed by atoms with Gasteiger partial charge in [0.15, 0.2) is 5.78 Å². The van der Waals surface area contributed by atoms with E-state index < -0.39 is 6.04 Å². The molecule has 1 amide bonds. The molecule has 0 bridgehead atoms. The maximum Gasteiger partial charge on any atom is 0.255 e. The molecule has 2 aromatic carbocycles. The fraction of sp³-hybridized carbons (Fsp3) is 0.176. The predicted molar refractivity (Wildman–Crippen MR) is 76.1 cm³/mol. The molecule has 3 nitrogen and oxygen atoms in total. The summed E-state index contributed by atoms with van der Waals surface area (Å²) in [5.41, 5.74) is 2.11. The Bertz CT molecular complexity index is 709. The number of amides is 1. The van der Waals surface area contributed by atoms with E-state index in [0.717, 1.165) is 11.1 Å². The number of halogens is 1. The van der Waals surface area contributed by atoms with Crippen molar-refractivity contribution >= 4 is 11.7 Å². The summed E-state index contributed by atoms with van der Waals surface area (Å²) in [6, 6.07) is 12.6. The molecule has 0 N–H and O–H groups in total. The molecule has 4 heteroatoms. The zero-order chi connectivity index (χ0) is 15.0. The number of ketones is 1. The first-order valence-electron chi connectivity index (χ1n) is 6.72. The first kappa shape index (κ1) is 13.5. The van der Waals surface area contributed by atoms with Gasteiger partial charge in [0.1, 0.15) is 11.9 Å². The van der Waals surface area contributed by atoms with Crippen LogP contribution >= 0.6 is 0 Å². The van der Waals surface area contributed by atoms with E-state index >= 15 is 0 Å². The SMILES string of the molecule is CC(=O)C1c2ccccc2C(=O)N1Cc1ccc(F)cc1. The Morgan fingerprint density at radius 2 is 1.81 bits per heavy atom. The van der Waals surface area contributed by atoms with Crippen molar-refractivity contribution in [1.82, 2.24) is 4.90 Å². The average Bonchev–Trinajstić information content (AvgIpc) is 2.75. The number of hydrogen-bond donors (Lipinski definition) is 0. The molecule has 0 radical (unpaired) electrons. The Balaban J connectivity index is 1.96. The van der Waals surface area contributed by atoms with Crippen molar-refractivity contribution in [2.45, 2.75) is 19.5 Å². The van der Waals surface area contributed by atoms with Crippen LogP contribution in [0, 0.1) is 5.82 Å². The first-order chi connectivity index (χ1) is 10.1. The van der Waals surface area contributed by atoms with E-state index in [1.54, 1.807) is 29.2 Å². The Labute approximate surface area is 122 Å². The van der Waals surface area contributed by atoms with Crippen molar-refractivity contribution in [3.05, 3.63) is 71.0 Å². The van der Waals surface area contributed by atoms with E-state index in [-0.39, 0.29) is 24.1 Å². The lowest BCUT2D eigenvalue weighted by Gasteiger charge is -2.23. The van der Waals surface area contributed by atoms with Crippen LogP contribution in [0.15, 0.2) is 48.5 Å². The van der Waals surface area contributed by atoms with Gasteiger partial charge in [0.25, 0.3) is 5.91 Å². The molecule has 21 heavy (non-hydrogen) atoms. The highest BCUT2D eigenvalue weighted by Gasteiger charge is 2.38. The smallest absolute Gasteiger partial charge is 0.255 e. The number of rotatable bonds is 3. The topological polar surface area (TPSA) is 37.4 Å². The summed E-state index contributed by atoms with van der Waals surface area (Å²) in [4.78, 5) is 26.0. The maximum atomic E-state index is 13.0. The Morgan fingerprint density at radius 3 is 2.48 bits per heavy atom. The molecular formula is C17H14FNO2. The van der Waals surface area contributed by atoms with Gasteiger partial charge in [-0.1, -0.05) is 30.3 Å². The quantitative estimate of drug-likeness (QED) is 0.868. The van der Waals surface area contributed by atoms with Crippen molar-refractivity contribution in [3.8, 4) is 0 Å². The van der Waals surface area contributed by atoms with Gasteiger partial charge in [0.05, 0.1) is 0 Å². The zero-order valence-corrected chi connectivity index (χ0v) is 11.5. The Hall–Kier alpha value is -2.49. The van der Waals surface area contributed by atoms with Gasteiger partial charge in [-0.25, -0.2) is 4.39 Å². The third-order valence-corrected chi connectivity index (χ3v) is 3.71. The van der Waals surface area contributed by atoms with E-state index in [0.29, 0.717) is 5.56 Å². The maximum absolute atomic E-state index is 13.0. The lowest BCUT2D eigenvalue weighted by atomic mass is 10.0. The van der Waals surface area contributed by atoms with Gasteiger partial charge in [0.2, 0.25) is 0 Å². The summed E-state index contributed by atoms with van der Waals surface area (Å²) in [6.45, 7) is 1.77. The minimum absolute atomic E-state index is 0.0737. The van der Waals surface area contributed by atoms with Crippen molar-refractivity contribution < 1.29 is 14.0 Å². The second kappa shape index (κ2) is 5.13. The van der Waals surface area contributed by atoms with Gasteiger partial charge in [-0.15, -0.1) is 0 Å². The molecular weight excluding hydrogens is 269 g/mol. The van der Waals surface area contributed by atoms with E-state index in [1.807, 2.05) is 12.1 Å². The molecule has 1 heterocycles. The monoisotopic (exact) mass is 283 g/mol. The van der Waals surface area contributed by atoms with Gasteiger partial charge in [-0.2, -0.15) is 0 Å². The molecule has 1 aliphatic rings. The summed E-state index contributed by atoms with van der Waals surface area (Å²) < 4.78 is 13.0. The predicted octanol–water partition coefficient (Wildman–Crippen LogP) is 3.11. The summed E-state index contributed by atoms with van der Waals surface area (Å²) in [6.07, 6.45) is 0. The lowest BCUT2D eigenvalue weighted by molar-refractivity contribution is -0.121. The van der Waals surface area contributed by atoms with Gasteiger partial charge < -0.3 is 4.90 Å². The van der Waals surface area contributed by atoms with E-state index in [2.05, 4.69) is 0 Å². The Kier molecular flexibility index (Phi) is 3.29. The number of nitrogens with zero attached hydrogens (tertiary/aromatic N) is 1. The number of hydrogen-bond acceptors (Lipinski definition) is 2. The fourth-order valence-corrected chi connectivity index (χ4v) is 2.76.